The molecule has 1 heterocycles. The second-order valence-corrected chi connectivity index (χ2v) is 15.7. The SMILES string of the molecule is [2H]c1c([2H])c([2H])c2c(c1[2H])-c1c(N(c3ccc4c5ccccc5n(-c5ccccc5)c4c3)c3cccc4ccccc34)cccc1C21c2ccccc2-c2cccc3cccc1c23. The highest BCUT2D eigenvalue weighted by molar-refractivity contribution is 6.12. The summed E-state index contributed by atoms with van der Waals surface area (Å²) in [4.78, 5) is 2.32. The number of aromatic nitrogens is 1. The molecule has 0 saturated heterocycles. The average molecular weight is 753 g/mol. The van der Waals surface area contributed by atoms with Crippen LogP contribution in [0.15, 0.2) is 218 Å². The predicted octanol–water partition coefficient (Wildman–Crippen LogP) is 14.9. The second kappa shape index (κ2) is 12.2. The van der Waals surface area contributed by atoms with Crippen molar-refractivity contribution >= 4 is 60.4 Å². The maximum atomic E-state index is 9.92. The van der Waals surface area contributed by atoms with Gasteiger partial charge in [-0.05, 0) is 97.6 Å². The molecule has 59 heavy (non-hydrogen) atoms. The standard InChI is InChI=1S/C57H36N2/c1-2-20-39(21-3-1)58-52-31-11-8-24-43(52)44-35-34-40(36-54(44)58)59(51-32-14-17-37-16-4-5-22-41(37)51)53-33-15-30-50-56(53)46-25-7-10-28-48(46)57(50)47-27-9-6-23-42(47)45-26-12-18-38-19-13-29-49(57)55(38)45/h1-36H/i7D,10D,25D,28D. The van der Waals surface area contributed by atoms with Gasteiger partial charge in [0.1, 0.15) is 0 Å². The van der Waals surface area contributed by atoms with Gasteiger partial charge in [0.05, 0.1) is 33.3 Å². The first-order valence-corrected chi connectivity index (χ1v) is 20.2. The van der Waals surface area contributed by atoms with Gasteiger partial charge >= 0.3 is 0 Å². The molecular weight excluding hydrogens is 713 g/mol. The summed E-state index contributed by atoms with van der Waals surface area (Å²) in [5, 5.41) is 6.64. The molecule has 1 spiro atoms. The van der Waals surface area contributed by atoms with Crippen LogP contribution in [0.5, 0.6) is 0 Å². The van der Waals surface area contributed by atoms with E-state index >= 15 is 0 Å². The van der Waals surface area contributed by atoms with E-state index < -0.39 is 5.41 Å². The molecule has 0 N–H and O–H groups in total. The van der Waals surface area contributed by atoms with Crippen molar-refractivity contribution in [2.75, 3.05) is 4.90 Å². The predicted molar refractivity (Wildman–Crippen MR) is 247 cm³/mol. The minimum absolute atomic E-state index is 0.0233. The average Bonchev–Trinajstić information content (AvgIpc) is 3.83. The van der Waals surface area contributed by atoms with Crippen LogP contribution in [0.3, 0.4) is 0 Å². The third-order valence-corrected chi connectivity index (χ3v) is 12.9. The van der Waals surface area contributed by atoms with Crippen LogP contribution in [-0.2, 0) is 5.41 Å². The van der Waals surface area contributed by atoms with Crippen molar-refractivity contribution in [3.63, 3.8) is 0 Å². The lowest BCUT2D eigenvalue weighted by Crippen LogP contribution is -2.31. The molecule has 2 heteroatoms. The van der Waals surface area contributed by atoms with E-state index in [1.807, 2.05) is 6.07 Å². The van der Waals surface area contributed by atoms with Crippen LogP contribution in [0.25, 0.3) is 71.3 Å². The van der Waals surface area contributed by atoms with E-state index in [9.17, 15) is 5.48 Å². The van der Waals surface area contributed by atoms with Crippen LogP contribution < -0.4 is 4.90 Å². The number of fused-ring (bicyclic) bond motifs is 13. The summed E-state index contributed by atoms with van der Waals surface area (Å²) in [6.07, 6.45) is 0. The van der Waals surface area contributed by atoms with Gasteiger partial charge in [-0.1, -0.05) is 176 Å². The van der Waals surface area contributed by atoms with Crippen molar-refractivity contribution in [2.24, 2.45) is 0 Å². The fourth-order valence-corrected chi connectivity index (χ4v) is 10.6. The number of benzene rings is 10. The Morgan fingerprint density at radius 2 is 1.07 bits per heavy atom. The monoisotopic (exact) mass is 752 g/mol. The van der Waals surface area contributed by atoms with E-state index in [4.69, 9.17) is 0 Å². The van der Waals surface area contributed by atoms with Crippen molar-refractivity contribution in [3.8, 4) is 27.9 Å². The molecule has 2 aliphatic carbocycles. The number of para-hydroxylation sites is 2. The first kappa shape index (κ1) is 28.7. The molecule has 0 aliphatic heterocycles. The maximum absolute atomic E-state index is 9.92. The Hall–Kier alpha value is -7.68. The third-order valence-electron chi connectivity index (χ3n) is 12.9. The molecule has 1 atom stereocenters. The Kier molecular flexibility index (Phi) is 5.91. The molecule has 0 amide bonds. The highest BCUT2D eigenvalue weighted by atomic mass is 15.1. The molecule has 13 rings (SSSR count). The van der Waals surface area contributed by atoms with Crippen LogP contribution >= 0.6 is 0 Å². The molecule has 2 nitrogen and oxygen atoms in total. The lowest BCUT2D eigenvalue weighted by atomic mass is 9.61. The third kappa shape index (κ3) is 4.30. The lowest BCUT2D eigenvalue weighted by Gasteiger charge is -2.40. The summed E-state index contributed by atoms with van der Waals surface area (Å²) in [7, 11) is 0. The van der Waals surface area contributed by atoms with Gasteiger partial charge in [-0.15, -0.1) is 0 Å². The minimum atomic E-state index is -1.06. The van der Waals surface area contributed by atoms with Crippen molar-refractivity contribution < 1.29 is 5.48 Å². The van der Waals surface area contributed by atoms with Gasteiger partial charge < -0.3 is 9.47 Å². The molecule has 0 saturated carbocycles. The topological polar surface area (TPSA) is 8.17 Å². The lowest BCUT2D eigenvalue weighted by molar-refractivity contribution is 0.773. The number of rotatable bonds is 4. The van der Waals surface area contributed by atoms with Crippen LogP contribution in [0.1, 0.15) is 27.7 Å². The first-order chi connectivity index (χ1) is 31.0. The highest BCUT2D eigenvalue weighted by Crippen LogP contribution is 2.64. The molecule has 274 valence electrons. The molecule has 11 aromatic rings. The van der Waals surface area contributed by atoms with E-state index in [1.165, 1.54) is 0 Å². The number of hydrogen-bond donors (Lipinski definition) is 0. The van der Waals surface area contributed by atoms with Gasteiger partial charge in [0.25, 0.3) is 0 Å². The molecule has 1 aromatic heterocycles. The summed E-state index contributed by atoms with van der Waals surface area (Å²) in [5.74, 6) is 0. The molecule has 0 bridgehead atoms. The summed E-state index contributed by atoms with van der Waals surface area (Å²) in [6.45, 7) is 0. The Morgan fingerprint density at radius 3 is 2.00 bits per heavy atom. The zero-order valence-corrected chi connectivity index (χ0v) is 31.9. The van der Waals surface area contributed by atoms with Crippen LogP contribution in [0.4, 0.5) is 17.1 Å². The highest BCUT2D eigenvalue weighted by Gasteiger charge is 2.51. The van der Waals surface area contributed by atoms with Gasteiger partial charge in [0.2, 0.25) is 0 Å². The summed E-state index contributed by atoms with van der Waals surface area (Å²) >= 11 is 0. The largest absolute Gasteiger partial charge is 0.309 e. The normalized spacial score (nSPS) is 15.8. The van der Waals surface area contributed by atoms with Crippen molar-refractivity contribution in [2.45, 2.75) is 5.41 Å². The molecule has 10 aromatic carbocycles. The zero-order chi connectivity index (χ0) is 42.1. The van der Waals surface area contributed by atoms with E-state index in [0.29, 0.717) is 11.1 Å². The molecule has 1 unspecified atom stereocenters. The fraction of sp³-hybridized carbons (Fsp3) is 0.0175. The Morgan fingerprint density at radius 1 is 0.424 bits per heavy atom. The van der Waals surface area contributed by atoms with Gasteiger partial charge in [0.15, 0.2) is 0 Å². The fourth-order valence-electron chi connectivity index (χ4n) is 10.6. The number of nitrogens with zero attached hydrogens (tertiary/aromatic N) is 2. The molecular formula is C57H36N2. The Bertz CT molecular complexity index is 3750. The summed E-state index contributed by atoms with van der Waals surface area (Å²) < 4.78 is 40.6. The van der Waals surface area contributed by atoms with Gasteiger partial charge in [-0.3, -0.25) is 0 Å². The first-order valence-electron chi connectivity index (χ1n) is 22.2. The molecule has 2 aliphatic rings. The van der Waals surface area contributed by atoms with E-state index in [-0.39, 0.29) is 24.2 Å². The van der Waals surface area contributed by atoms with Crippen LogP contribution in [-0.4, -0.2) is 4.57 Å². The van der Waals surface area contributed by atoms with Crippen molar-refractivity contribution in [3.05, 3.63) is 241 Å². The minimum Gasteiger partial charge on any atom is -0.309 e. The number of anilines is 3. The molecule has 0 fully saturated rings. The maximum Gasteiger partial charge on any atom is 0.0726 e. The van der Waals surface area contributed by atoms with Gasteiger partial charge in [0, 0.05) is 33.1 Å². The quantitative estimate of drug-likeness (QED) is 0.174. The summed E-state index contributed by atoms with van der Waals surface area (Å²) in [6, 6.07) is 67.7. The second-order valence-electron chi connectivity index (χ2n) is 15.7. The van der Waals surface area contributed by atoms with Gasteiger partial charge in [-0.2, -0.15) is 0 Å². The van der Waals surface area contributed by atoms with Crippen LogP contribution in [0.2, 0.25) is 0 Å². The smallest absolute Gasteiger partial charge is 0.0726 e. The van der Waals surface area contributed by atoms with E-state index in [1.54, 1.807) is 0 Å². The zero-order valence-electron chi connectivity index (χ0n) is 35.9. The number of hydrogen-bond acceptors (Lipinski definition) is 1. The Labute approximate surface area is 348 Å². The molecule has 0 radical (unpaired) electrons. The Balaban J connectivity index is 1.20. The van der Waals surface area contributed by atoms with E-state index in [2.05, 4.69) is 198 Å². The van der Waals surface area contributed by atoms with Gasteiger partial charge in [-0.25, -0.2) is 0 Å². The van der Waals surface area contributed by atoms with Crippen molar-refractivity contribution in [1.82, 2.24) is 4.57 Å². The van der Waals surface area contributed by atoms with Crippen LogP contribution in [0, 0.1) is 0 Å². The van der Waals surface area contributed by atoms with Crippen molar-refractivity contribution in [1.29, 1.82) is 0 Å². The summed E-state index contributed by atoms with van der Waals surface area (Å²) in [5.41, 5.74) is 11.9. The van der Waals surface area contributed by atoms with E-state index in [0.717, 1.165) is 99.5 Å².